The van der Waals surface area contributed by atoms with Gasteiger partial charge in [0, 0.05) is 11.1 Å². The molecule has 0 atom stereocenters. The van der Waals surface area contributed by atoms with Crippen molar-refractivity contribution in [3.63, 3.8) is 0 Å². The van der Waals surface area contributed by atoms with Crippen molar-refractivity contribution in [2.24, 2.45) is 0 Å². The maximum Gasteiger partial charge on any atom is 0.354 e. The lowest BCUT2D eigenvalue weighted by Crippen LogP contribution is -2.16. The Hall–Kier alpha value is -2.15. The number of nitrogens with zero attached hydrogens (tertiary/aromatic N) is 1. The number of rotatable bonds is 4. The summed E-state index contributed by atoms with van der Waals surface area (Å²) in [7, 11) is 0. The second kappa shape index (κ2) is 5.23. The van der Waals surface area contributed by atoms with E-state index in [1.54, 1.807) is 13.0 Å². The number of carbonyl (C=O) groups is 2. The van der Waals surface area contributed by atoms with Crippen LogP contribution >= 0.6 is 11.3 Å². The zero-order chi connectivity index (χ0) is 14.0. The molecule has 3 N–H and O–H groups in total. The number of H-pyrrole nitrogens is 1. The molecule has 0 fully saturated rings. The number of aromatic nitrogens is 2. The van der Waals surface area contributed by atoms with E-state index in [0.29, 0.717) is 11.4 Å². The van der Waals surface area contributed by atoms with Gasteiger partial charge >= 0.3 is 5.97 Å². The molecule has 0 aromatic carbocycles. The summed E-state index contributed by atoms with van der Waals surface area (Å²) in [5.41, 5.74) is 1.63. The number of aryl methyl sites for hydroxylation is 2. The number of carboxylic acids is 1. The fraction of sp³-hybridized carbons (Fsp3) is 0.250. The molecule has 0 aliphatic rings. The lowest BCUT2D eigenvalue weighted by Gasteiger charge is -2.02. The lowest BCUT2D eigenvalue weighted by atomic mass is 10.3. The Bertz CT molecular complexity index is 630. The van der Waals surface area contributed by atoms with Gasteiger partial charge in [0.05, 0.1) is 22.8 Å². The third kappa shape index (κ3) is 3.19. The molecule has 2 heterocycles. The molecule has 7 heteroatoms. The monoisotopic (exact) mass is 279 g/mol. The lowest BCUT2D eigenvalue weighted by molar-refractivity contribution is -0.115. The minimum absolute atomic E-state index is 0.0136. The maximum absolute atomic E-state index is 11.8. The molecular weight excluding hydrogens is 266 g/mol. The van der Waals surface area contributed by atoms with Gasteiger partial charge in [-0.25, -0.2) is 9.78 Å². The SMILES string of the molecule is Cc1cc(NC(=O)Cc2csc(C)n2)c(C(=O)O)[nH]1. The minimum Gasteiger partial charge on any atom is -0.477 e. The molecule has 1 amide bonds. The highest BCUT2D eigenvalue weighted by molar-refractivity contribution is 7.09. The first kappa shape index (κ1) is 13.3. The molecular formula is C12H13N3O3S. The van der Waals surface area contributed by atoms with Crippen molar-refractivity contribution < 1.29 is 14.7 Å². The molecule has 100 valence electrons. The van der Waals surface area contributed by atoms with Gasteiger partial charge in [0.2, 0.25) is 5.91 Å². The van der Waals surface area contributed by atoms with Crippen LogP contribution in [0.25, 0.3) is 0 Å². The van der Waals surface area contributed by atoms with Gasteiger partial charge in [-0.3, -0.25) is 4.79 Å². The molecule has 0 radical (unpaired) electrons. The largest absolute Gasteiger partial charge is 0.477 e. The average molecular weight is 279 g/mol. The molecule has 6 nitrogen and oxygen atoms in total. The van der Waals surface area contributed by atoms with Crippen molar-refractivity contribution >= 4 is 28.9 Å². The smallest absolute Gasteiger partial charge is 0.354 e. The second-order valence-electron chi connectivity index (χ2n) is 4.13. The Morgan fingerprint density at radius 3 is 2.79 bits per heavy atom. The number of hydrogen-bond donors (Lipinski definition) is 3. The van der Waals surface area contributed by atoms with E-state index in [4.69, 9.17) is 5.11 Å². The highest BCUT2D eigenvalue weighted by Crippen LogP contribution is 2.17. The predicted molar refractivity (Wildman–Crippen MR) is 71.7 cm³/mol. The summed E-state index contributed by atoms with van der Waals surface area (Å²) in [5, 5.41) is 14.3. The number of amides is 1. The van der Waals surface area contributed by atoms with Crippen molar-refractivity contribution in [1.29, 1.82) is 0 Å². The molecule has 0 unspecified atom stereocenters. The van der Waals surface area contributed by atoms with Crippen LogP contribution in [-0.2, 0) is 11.2 Å². The summed E-state index contributed by atoms with van der Waals surface area (Å²) >= 11 is 1.47. The molecule has 0 bridgehead atoms. The van der Waals surface area contributed by atoms with Gasteiger partial charge in [-0.15, -0.1) is 11.3 Å². The molecule has 2 aromatic rings. The summed E-state index contributed by atoms with van der Waals surface area (Å²) in [6.07, 6.45) is 0.133. The highest BCUT2D eigenvalue weighted by atomic mass is 32.1. The van der Waals surface area contributed by atoms with Gasteiger partial charge in [0.25, 0.3) is 0 Å². The summed E-state index contributed by atoms with van der Waals surface area (Å²) in [4.78, 5) is 29.7. The van der Waals surface area contributed by atoms with E-state index in [1.807, 2.05) is 12.3 Å². The first-order valence-corrected chi connectivity index (χ1v) is 6.47. The fourth-order valence-electron chi connectivity index (χ4n) is 1.70. The number of nitrogens with one attached hydrogen (secondary N) is 2. The molecule has 0 spiro atoms. The van der Waals surface area contributed by atoms with Gasteiger partial charge in [-0.05, 0) is 19.9 Å². The topological polar surface area (TPSA) is 95.1 Å². The van der Waals surface area contributed by atoms with Crippen molar-refractivity contribution in [3.8, 4) is 0 Å². The Morgan fingerprint density at radius 1 is 1.47 bits per heavy atom. The van der Waals surface area contributed by atoms with E-state index in [2.05, 4.69) is 15.3 Å². The zero-order valence-electron chi connectivity index (χ0n) is 10.5. The number of aromatic amines is 1. The van der Waals surface area contributed by atoms with Crippen LogP contribution < -0.4 is 5.32 Å². The van der Waals surface area contributed by atoms with E-state index in [1.165, 1.54) is 11.3 Å². The predicted octanol–water partition coefficient (Wildman–Crippen LogP) is 1.97. The number of anilines is 1. The summed E-state index contributed by atoms with van der Waals surface area (Å²) in [6.45, 7) is 3.59. The van der Waals surface area contributed by atoms with Crippen LogP contribution in [0.15, 0.2) is 11.4 Å². The van der Waals surface area contributed by atoms with E-state index in [-0.39, 0.29) is 23.7 Å². The molecule has 19 heavy (non-hydrogen) atoms. The Kier molecular flexibility index (Phi) is 3.66. The van der Waals surface area contributed by atoms with Crippen molar-refractivity contribution in [2.75, 3.05) is 5.32 Å². The normalized spacial score (nSPS) is 10.4. The minimum atomic E-state index is -1.10. The maximum atomic E-state index is 11.8. The van der Waals surface area contributed by atoms with Crippen LogP contribution in [0.5, 0.6) is 0 Å². The Morgan fingerprint density at radius 2 is 2.21 bits per heavy atom. The number of carboxylic acid groups (broad SMARTS) is 1. The van der Waals surface area contributed by atoms with Gasteiger partial charge < -0.3 is 15.4 Å². The number of thiazole rings is 1. The van der Waals surface area contributed by atoms with Crippen molar-refractivity contribution in [2.45, 2.75) is 20.3 Å². The molecule has 2 aromatic heterocycles. The van der Waals surface area contributed by atoms with E-state index < -0.39 is 5.97 Å². The standard InChI is InChI=1S/C12H13N3O3S/c1-6-3-9(11(13-6)12(17)18)15-10(16)4-8-5-19-7(2)14-8/h3,5,13H,4H2,1-2H3,(H,15,16)(H,17,18). The van der Waals surface area contributed by atoms with Crippen molar-refractivity contribution in [3.05, 3.63) is 33.5 Å². The molecule has 2 rings (SSSR count). The Labute approximate surface area is 113 Å². The van der Waals surface area contributed by atoms with E-state index in [9.17, 15) is 9.59 Å². The van der Waals surface area contributed by atoms with Gasteiger partial charge in [-0.1, -0.05) is 0 Å². The highest BCUT2D eigenvalue weighted by Gasteiger charge is 2.16. The van der Waals surface area contributed by atoms with Crippen molar-refractivity contribution in [1.82, 2.24) is 9.97 Å². The first-order chi connectivity index (χ1) is 8.95. The Balaban J connectivity index is 2.08. The molecule has 0 saturated carbocycles. The van der Waals surface area contributed by atoms with E-state index >= 15 is 0 Å². The third-order valence-electron chi connectivity index (χ3n) is 2.45. The fourth-order valence-corrected chi connectivity index (χ4v) is 2.32. The number of aromatic carboxylic acids is 1. The quantitative estimate of drug-likeness (QED) is 0.797. The summed E-state index contributed by atoms with van der Waals surface area (Å²) in [5.74, 6) is -1.39. The van der Waals surface area contributed by atoms with Gasteiger partial charge in [-0.2, -0.15) is 0 Å². The average Bonchev–Trinajstić information content (AvgIpc) is 2.85. The zero-order valence-corrected chi connectivity index (χ0v) is 11.3. The number of hydrogen-bond acceptors (Lipinski definition) is 4. The van der Waals surface area contributed by atoms with Crippen LogP contribution in [0, 0.1) is 13.8 Å². The van der Waals surface area contributed by atoms with Gasteiger partial charge in [0.1, 0.15) is 5.69 Å². The van der Waals surface area contributed by atoms with Gasteiger partial charge in [0.15, 0.2) is 0 Å². The third-order valence-corrected chi connectivity index (χ3v) is 3.27. The number of carbonyl (C=O) groups excluding carboxylic acids is 1. The van der Waals surface area contributed by atoms with E-state index in [0.717, 1.165) is 5.01 Å². The molecule has 0 aliphatic heterocycles. The van der Waals surface area contributed by atoms with Crippen LogP contribution in [0.3, 0.4) is 0 Å². The van der Waals surface area contributed by atoms with Crippen LogP contribution in [0.2, 0.25) is 0 Å². The van der Waals surface area contributed by atoms with Crippen LogP contribution in [0.4, 0.5) is 5.69 Å². The molecule has 0 saturated heterocycles. The van der Waals surface area contributed by atoms with Crippen LogP contribution in [-0.4, -0.2) is 27.0 Å². The summed E-state index contributed by atoms with van der Waals surface area (Å²) < 4.78 is 0. The summed E-state index contributed by atoms with van der Waals surface area (Å²) in [6, 6.07) is 1.59. The first-order valence-electron chi connectivity index (χ1n) is 5.59. The van der Waals surface area contributed by atoms with Crippen LogP contribution in [0.1, 0.15) is 26.9 Å². The molecule has 0 aliphatic carbocycles. The second-order valence-corrected chi connectivity index (χ2v) is 5.19.